The van der Waals surface area contributed by atoms with Crippen molar-refractivity contribution in [1.29, 1.82) is 0 Å². The number of unbranched alkanes of at least 4 members (excludes halogenated alkanes) is 1. The van der Waals surface area contributed by atoms with Crippen LogP contribution in [0, 0.1) is 0 Å². The molecule has 0 aromatic heterocycles. The van der Waals surface area contributed by atoms with E-state index in [4.69, 9.17) is 0 Å². The Hall–Kier alpha value is -1.56. The Balaban J connectivity index is 2.34. The number of ether oxygens (including phenoxy) is 1. The van der Waals surface area contributed by atoms with Gasteiger partial charge < -0.3 is 10.1 Å². The van der Waals surface area contributed by atoms with Crippen molar-refractivity contribution >= 4 is 5.97 Å². The molecule has 0 radical (unpaired) electrons. The van der Waals surface area contributed by atoms with Gasteiger partial charge in [-0.3, -0.25) is 0 Å². The van der Waals surface area contributed by atoms with E-state index in [2.05, 4.69) is 10.1 Å². The Bertz CT molecular complexity index is 433. The van der Waals surface area contributed by atoms with Crippen molar-refractivity contribution in [2.24, 2.45) is 0 Å². The number of carbonyl (C=O) groups excluding carboxylic acids is 1. The van der Waals surface area contributed by atoms with E-state index in [0.717, 1.165) is 5.56 Å². The summed E-state index contributed by atoms with van der Waals surface area (Å²) in [5, 5.41) is 3.03. The molecule has 1 aromatic carbocycles. The molecule has 0 bridgehead atoms. The molecule has 0 saturated carbocycles. The highest BCUT2D eigenvalue weighted by Crippen LogP contribution is 2.21. The van der Waals surface area contributed by atoms with Gasteiger partial charge in [0.25, 0.3) is 0 Å². The maximum absolute atomic E-state index is 11.9. The van der Waals surface area contributed by atoms with Crippen LogP contribution in [0.25, 0.3) is 0 Å². The zero-order valence-electron chi connectivity index (χ0n) is 11.3. The first-order valence-electron chi connectivity index (χ1n) is 6.38. The first-order valence-corrected chi connectivity index (χ1v) is 6.38. The fourth-order valence-electron chi connectivity index (χ4n) is 1.78. The van der Waals surface area contributed by atoms with Crippen molar-refractivity contribution in [2.45, 2.75) is 32.0 Å². The van der Waals surface area contributed by atoms with E-state index in [1.165, 1.54) is 7.11 Å². The summed E-state index contributed by atoms with van der Waals surface area (Å²) in [5.74, 6) is -0.417. The smallest absolute Gasteiger partial charge is 0.389 e. The highest BCUT2D eigenvalue weighted by atomic mass is 19.4. The van der Waals surface area contributed by atoms with Crippen LogP contribution in [0.4, 0.5) is 13.2 Å². The fraction of sp³-hybridized carbons (Fsp3) is 0.500. The molecule has 0 heterocycles. The van der Waals surface area contributed by atoms with Gasteiger partial charge in [0, 0.05) is 13.0 Å². The Morgan fingerprint density at radius 1 is 1.25 bits per heavy atom. The molecule has 1 N–H and O–H groups in total. The number of hydrogen-bond acceptors (Lipinski definition) is 3. The van der Waals surface area contributed by atoms with Gasteiger partial charge in [0.2, 0.25) is 0 Å². The third kappa shape index (κ3) is 6.06. The molecular weight excluding hydrogens is 271 g/mol. The molecule has 6 heteroatoms. The zero-order chi connectivity index (χ0) is 15.0. The normalized spacial score (nSPS) is 11.4. The summed E-state index contributed by atoms with van der Waals surface area (Å²) < 4.78 is 40.5. The van der Waals surface area contributed by atoms with Gasteiger partial charge in [-0.2, -0.15) is 13.2 Å². The summed E-state index contributed by atoms with van der Waals surface area (Å²) in [6, 6.07) is 6.98. The SMILES string of the molecule is COC(=O)c1ccccc1CNCCCCC(F)(F)F. The van der Waals surface area contributed by atoms with Crippen LogP contribution in [0.1, 0.15) is 35.2 Å². The molecule has 0 fully saturated rings. The number of halogens is 3. The number of methoxy groups -OCH3 is 1. The largest absolute Gasteiger partial charge is 0.465 e. The first-order chi connectivity index (χ1) is 9.44. The minimum atomic E-state index is -4.09. The van der Waals surface area contributed by atoms with E-state index < -0.39 is 18.6 Å². The number of carbonyl (C=O) groups is 1. The molecule has 0 aliphatic carbocycles. The average molecular weight is 289 g/mol. The van der Waals surface area contributed by atoms with Crippen LogP contribution in [-0.2, 0) is 11.3 Å². The van der Waals surface area contributed by atoms with Gasteiger partial charge in [0.05, 0.1) is 12.7 Å². The first kappa shape index (κ1) is 16.5. The second kappa shape index (κ2) is 7.89. The van der Waals surface area contributed by atoms with Gasteiger partial charge >= 0.3 is 12.1 Å². The van der Waals surface area contributed by atoms with Crippen molar-refractivity contribution in [2.75, 3.05) is 13.7 Å². The van der Waals surface area contributed by atoms with E-state index in [1.807, 2.05) is 0 Å². The maximum atomic E-state index is 11.9. The van der Waals surface area contributed by atoms with E-state index in [1.54, 1.807) is 24.3 Å². The molecule has 0 amide bonds. The molecule has 0 aliphatic heterocycles. The monoisotopic (exact) mass is 289 g/mol. The summed E-state index contributed by atoms with van der Waals surface area (Å²) in [6.45, 7) is 0.906. The van der Waals surface area contributed by atoms with E-state index in [0.29, 0.717) is 25.1 Å². The third-order valence-corrected chi connectivity index (χ3v) is 2.80. The lowest BCUT2D eigenvalue weighted by Gasteiger charge is -2.09. The van der Waals surface area contributed by atoms with Crippen LogP contribution in [0.3, 0.4) is 0 Å². The van der Waals surface area contributed by atoms with Crippen LogP contribution >= 0.6 is 0 Å². The van der Waals surface area contributed by atoms with Crippen molar-refractivity contribution in [3.63, 3.8) is 0 Å². The Morgan fingerprint density at radius 3 is 2.60 bits per heavy atom. The van der Waals surface area contributed by atoms with Crippen molar-refractivity contribution in [3.05, 3.63) is 35.4 Å². The minimum absolute atomic E-state index is 0.106. The van der Waals surface area contributed by atoms with Crippen molar-refractivity contribution < 1.29 is 22.7 Å². The third-order valence-electron chi connectivity index (χ3n) is 2.80. The highest BCUT2D eigenvalue weighted by molar-refractivity contribution is 5.90. The number of benzene rings is 1. The Morgan fingerprint density at radius 2 is 1.95 bits per heavy atom. The Kier molecular flexibility index (Phi) is 6.51. The van der Waals surface area contributed by atoms with E-state index in [9.17, 15) is 18.0 Å². The molecule has 1 aromatic rings. The van der Waals surface area contributed by atoms with Gasteiger partial charge in [0.1, 0.15) is 0 Å². The van der Waals surface area contributed by atoms with Crippen LogP contribution in [0.15, 0.2) is 24.3 Å². The van der Waals surface area contributed by atoms with E-state index in [-0.39, 0.29) is 6.42 Å². The lowest BCUT2D eigenvalue weighted by molar-refractivity contribution is -0.135. The predicted octanol–water partition coefficient (Wildman–Crippen LogP) is 3.30. The molecule has 20 heavy (non-hydrogen) atoms. The molecule has 0 unspecified atom stereocenters. The standard InChI is InChI=1S/C14H18F3NO2/c1-20-13(19)12-7-3-2-6-11(12)10-18-9-5-4-8-14(15,16)17/h2-3,6-7,18H,4-5,8-10H2,1H3. The minimum Gasteiger partial charge on any atom is -0.465 e. The summed E-state index contributed by atoms with van der Waals surface area (Å²) in [7, 11) is 1.31. The van der Waals surface area contributed by atoms with Gasteiger partial charge in [-0.05, 0) is 31.0 Å². The quantitative estimate of drug-likeness (QED) is 0.618. The van der Waals surface area contributed by atoms with E-state index >= 15 is 0 Å². The summed E-state index contributed by atoms with van der Waals surface area (Å²) in [6.07, 6.45) is -4.29. The topological polar surface area (TPSA) is 38.3 Å². The van der Waals surface area contributed by atoms with Crippen LogP contribution in [0.2, 0.25) is 0 Å². The summed E-state index contributed by atoms with van der Waals surface area (Å²) in [5.41, 5.74) is 1.24. The van der Waals surface area contributed by atoms with Gasteiger partial charge in [-0.1, -0.05) is 18.2 Å². The van der Waals surface area contributed by atoms with Crippen LogP contribution in [-0.4, -0.2) is 25.8 Å². The number of esters is 1. The molecule has 112 valence electrons. The molecule has 0 spiro atoms. The Labute approximate surface area is 116 Å². The lowest BCUT2D eigenvalue weighted by atomic mass is 10.1. The summed E-state index contributed by atoms with van der Waals surface area (Å²) in [4.78, 5) is 11.5. The number of alkyl halides is 3. The predicted molar refractivity (Wildman–Crippen MR) is 69.4 cm³/mol. The zero-order valence-corrected chi connectivity index (χ0v) is 11.3. The number of nitrogens with one attached hydrogen (secondary N) is 1. The van der Waals surface area contributed by atoms with Gasteiger partial charge in [-0.25, -0.2) is 4.79 Å². The second-order valence-electron chi connectivity index (χ2n) is 4.40. The number of hydrogen-bond donors (Lipinski definition) is 1. The second-order valence-corrected chi connectivity index (χ2v) is 4.40. The summed E-state index contributed by atoms with van der Waals surface area (Å²) >= 11 is 0. The fourth-order valence-corrected chi connectivity index (χ4v) is 1.78. The lowest BCUT2D eigenvalue weighted by Crippen LogP contribution is -2.18. The molecule has 0 atom stereocenters. The van der Waals surface area contributed by atoms with Crippen LogP contribution < -0.4 is 5.32 Å². The maximum Gasteiger partial charge on any atom is 0.389 e. The molecule has 1 rings (SSSR count). The van der Waals surface area contributed by atoms with Crippen LogP contribution in [0.5, 0.6) is 0 Å². The number of rotatable bonds is 7. The van der Waals surface area contributed by atoms with Crippen molar-refractivity contribution in [1.82, 2.24) is 5.32 Å². The van der Waals surface area contributed by atoms with Gasteiger partial charge in [-0.15, -0.1) is 0 Å². The molecule has 0 aliphatic rings. The molecule has 3 nitrogen and oxygen atoms in total. The molecule has 0 saturated heterocycles. The van der Waals surface area contributed by atoms with Gasteiger partial charge in [0.15, 0.2) is 0 Å². The van der Waals surface area contributed by atoms with Crippen molar-refractivity contribution in [3.8, 4) is 0 Å². The highest BCUT2D eigenvalue weighted by Gasteiger charge is 2.25. The average Bonchev–Trinajstić information content (AvgIpc) is 2.41. The molecular formula is C14H18F3NO2.